The zero-order valence-corrected chi connectivity index (χ0v) is 17.4. The normalized spacial score (nSPS) is 19.5. The largest absolute Gasteiger partial charge is 0.334 e. The van der Waals surface area contributed by atoms with Gasteiger partial charge >= 0.3 is 0 Å². The molecule has 0 bridgehead atoms. The van der Waals surface area contributed by atoms with Gasteiger partial charge in [-0.25, -0.2) is 8.42 Å². The molecule has 2 N–H and O–H groups in total. The van der Waals surface area contributed by atoms with Gasteiger partial charge in [-0.3, -0.25) is 9.59 Å². The SMILES string of the molecule is CCN(C(=O)C[NH+](C)CC(=O)Nc1cccc(C)c1C)[C@@H]1CCS(=O)(=O)C1. The Kier molecular flexibility index (Phi) is 7.00. The topological polar surface area (TPSA) is 88.0 Å². The molecule has 2 atom stereocenters. The van der Waals surface area contributed by atoms with Crippen molar-refractivity contribution in [1.29, 1.82) is 0 Å². The molecule has 150 valence electrons. The molecule has 1 aliphatic rings. The molecule has 1 aromatic rings. The van der Waals surface area contributed by atoms with E-state index >= 15 is 0 Å². The quantitative estimate of drug-likeness (QED) is 0.668. The minimum atomic E-state index is -3.04. The van der Waals surface area contributed by atoms with Crippen molar-refractivity contribution < 1.29 is 22.9 Å². The Hall–Kier alpha value is -1.93. The zero-order valence-electron chi connectivity index (χ0n) is 16.5. The highest BCUT2D eigenvalue weighted by Crippen LogP contribution is 2.18. The summed E-state index contributed by atoms with van der Waals surface area (Å²) >= 11 is 0. The highest BCUT2D eigenvalue weighted by molar-refractivity contribution is 7.91. The number of anilines is 1. The second kappa shape index (κ2) is 8.84. The van der Waals surface area contributed by atoms with E-state index in [0.717, 1.165) is 21.7 Å². The first-order valence-corrected chi connectivity index (χ1v) is 11.1. The number of nitrogens with one attached hydrogen (secondary N) is 2. The Morgan fingerprint density at radius 1 is 1.26 bits per heavy atom. The van der Waals surface area contributed by atoms with Gasteiger partial charge in [0.2, 0.25) is 0 Å². The number of hydrogen-bond donors (Lipinski definition) is 2. The lowest BCUT2D eigenvalue weighted by Crippen LogP contribution is -3.11. The van der Waals surface area contributed by atoms with Crippen molar-refractivity contribution in [2.24, 2.45) is 0 Å². The highest BCUT2D eigenvalue weighted by atomic mass is 32.2. The van der Waals surface area contributed by atoms with E-state index in [4.69, 9.17) is 0 Å². The predicted molar refractivity (Wildman–Crippen MR) is 106 cm³/mol. The van der Waals surface area contributed by atoms with Crippen LogP contribution in [-0.2, 0) is 19.4 Å². The number of hydrogen-bond acceptors (Lipinski definition) is 4. The van der Waals surface area contributed by atoms with Crippen molar-refractivity contribution in [1.82, 2.24) is 4.90 Å². The molecule has 8 heteroatoms. The lowest BCUT2D eigenvalue weighted by atomic mass is 10.1. The molecule has 2 rings (SSSR count). The molecule has 0 spiro atoms. The number of aryl methyl sites for hydroxylation is 1. The van der Waals surface area contributed by atoms with Crippen molar-refractivity contribution in [2.75, 3.05) is 43.5 Å². The first-order chi connectivity index (χ1) is 12.6. The first-order valence-electron chi connectivity index (χ1n) is 9.30. The highest BCUT2D eigenvalue weighted by Gasteiger charge is 2.34. The van der Waals surface area contributed by atoms with Crippen LogP contribution in [0.5, 0.6) is 0 Å². The predicted octanol–water partition coefficient (Wildman–Crippen LogP) is -0.208. The summed E-state index contributed by atoms with van der Waals surface area (Å²) in [6.45, 7) is 6.60. The summed E-state index contributed by atoms with van der Waals surface area (Å²) < 4.78 is 23.4. The summed E-state index contributed by atoms with van der Waals surface area (Å²) in [7, 11) is -1.25. The van der Waals surface area contributed by atoms with Crippen LogP contribution in [-0.4, -0.2) is 69.4 Å². The maximum atomic E-state index is 12.6. The van der Waals surface area contributed by atoms with Gasteiger partial charge in [-0.1, -0.05) is 12.1 Å². The van der Waals surface area contributed by atoms with Gasteiger partial charge in [0.25, 0.3) is 11.8 Å². The van der Waals surface area contributed by atoms with E-state index in [1.165, 1.54) is 0 Å². The minimum absolute atomic E-state index is 0.0404. The van der Waals surface area contributed by atoms with Crippen LogP contribution in [0.2, 0.25) is 0 Å². The molecule has 1 heterocycles. The van der Waals surface area contributed by atoms with E-state index in [2.05, 4.69) is 5.32 Å². The lowest BCUT2D eigenvalue weighted by molar-refractivity contribution is -0.862. The number of nitrogens with zero attached hydrogens (tertiary/aromatic N) is 1. The van der Waals surface area contributed by atoms with Gasteiger partial charge in [0, 0.05) is 18.3 Å². The van der Waals surface area contributed by atoms with Crippen LogP contribution in [0.4, 0.5) is 5.69 Å². The molecular formula is C19H30N3O4S+. The average molecular weight is 397 g/mol. The van der Waals surface area contributed by atoms with Gasteiger partial charge < -0.3 is 15.1 Å². The second-order valence-corrected chi connectivity index (χ2v) is 9.57. The van der Waals surface area contributed by atoms with Crippen LogP contribution in [0.25, 0.3) is 0 Å². The summed E-state index contributed by atoms with van der Waals surface area (Å²) in [4.78, 5) is 27.3. The molecule has 1 fully saturated rings. The third-order valence-electron chi connectivity index (χ3n) is 5.10. The second-order valence-electron chi connectivity index (χ2n) is 7.34. The molecule has 0 aliphatic carbocycles. The van der Waals surface area contributed by atoms with Crippen molar-refractivity contribution in [3.63, 3.8) is 0 Å². The van der Waals surface area contributed by atoms with Gasteiger partial charge in [0.1, 0.15) is 0 Å². The van der Waals surface area contributed by atoms with Gasteiger partial charge in [0.05, 0.1) is 18.6 Å². The maximum Gasteiger partial charge on any atom is 0.279 e. The van der Waals surface area contributed by atoms with Crippen molar-refractivity contribution >= 4 is 27.3 Å². The Morgan fingerprint density at radius 3 is 2.56 bits per heavy atom. The van der Waals surface area contributed by atoms with E-state index < -0.39 is 9.84 Å². The molecule has 0 saturated carbocycles. The number of rotatable bonds is 7. The van der Waals surface area contributed by atoms with Gasteiger partial charge in [-0.15, -0.1) is 0 Å². The Bertz CT molecular complexity index is 807. The number of amides is 2. The van der Waals surface area contributed by atoms with Crippen molar-refractivity contribution in [3.8, 4) is 0 Å². The third kappa shape index (κ3) is 5.77. The van der Waals surface area contributed by atoms with Crippen LogP contribution in [0.1, 0.15) is 24.5 Å². The first kappa shape index (κ1) is 21.4. The van der Waals surface area contributed by atoms with Crippen LogP contribution >= 0.6 is 0 Å². The van der Waals surface area contributed by atoms with E-state index in [9.17, 15) is 18.0 Å². The standard InChI is InChI=1S/C19H29N3O4S/c1-5-22(16-9-10-27(25,26)13-16)19(24)12-21(4)11-18(23)20-17-8-6-7-14(2)15(17)3/h6-8,16H,5,9-13H2,1-4H3,(H,20,23)/p+1/t16-/m1/s1. The summed E-state index contributed by atoms with van der Waals surface area (Å²) in [5.74, 6) is -0.0849. The van der Waals surface area contributed by atoms with E-state index in [0.29, 0.717) is 13.0 Å². The van der Waals surface area contributed by atoms with E-state index in [-0.39, 0.29) is 42.5 Å². The van der Waals surface area contributed by atoms with Crippen molar-refractivity contribution in [3.05, 3.63) is 29.3 Å². The summed E-state index contributed by atoms with van der Waals surface area (Å²) in [5, 5.41) is 2.90. The molecule has 7 nitrogen and oxygen atoms in total. The van der Waals surface area contributed by atoms with E-state index in [1.54, 1.807) is 11.9 Å². The van der Waals surface area contributed by atoms with Crippen LogP contribution in [0, 0.1) is 13.8 Å². The summed E-state index contributed by atoms with van der Waals surface area (Å²) in [6, 6.07) is 5.50. The Labute approximate surface area is 161 Å². The number of likely N-dealkylation sites (N-methyl/N-ethyl adjacent to an activating group) is 2. The molecule has 2 amide bonds. The molecule has 1 saturated heterocycles. The van der Waals surface area contributed by atoms with E-state index in [1.807, 2.05) is 39.0 Å². The van der Waals surface area contributed by atoms with Gasteiger partial charge in [-0.05, 0) is 44.4 Å². The molecular weight excluding hydrogens is 366 g/mol. The summed E-state index contributed by atoms with van der Waals surface area (Å²) in [6.07, 6.45) is 0.494. The molecule has 0 aromatic heterocycles. The molecule has 1 aliphatic heterocycles. The minimum Gasteiger partial charge on any atom is -0.334 e. The zero-order chi connectivity index (χ0) is 20.2. The monoisotopic (exact) mass is 396 g/mol. The maximum absolute atomic E-state index is 12.6. The Balaban J connectivity index is 1.90. The molecule has 1 aromatic carbocycles. The molecule has 1 unspecified atom stereocenters. The fourth-order valence-corrected chi connectivity index (χ4v) is 5.17. The van der Waals surface area contributed by atoms with Crippen LogP contribution < -0.4 is 10.2 Å². The fourth-order valence-electron chi connectivity index (χ4n) is 3.44. The fraction of sp³-hybridized carbons (Fsp3) is 0.579. The smallest absolute Gasteiger partial charge is 0.279 e. The van der Waals surface area contributed by atoms with Gasteiger partial charge in [-0.2, -0.15) is 0 Å². The van der Waals surface area contributed by atoms with Crippen molar-refractivity contribution in [2.45, 2.75) is 33.2 Å². The average Bonchev–Trinajstić information content (AvgIpc) is 2.92. The molecule has 0 radical (unpaired) electrons. The lowest BCUT2D eigenvalue weighted by Gasteiger charge is -2.27. The third-order valence-corrected chi connectivity index (χ3v) is 6.85. The van der Waals surface area contributed by atoms with Crippen LogP contribution in [0.15, 0.2) is 18.2 Å². The van der Waals surface area contributed by atoms with Gasteiger partial charge in [0.15, 0.2) is 22.9 Å². The number of carbonyl (C=O) groups is 2. The summed E-state index contributed by atoms with van der Waals surface area (Å²) in [5.41, 5.74) is 2.92. The number of sulfone groups is 1. The molecule has 27 heavy (non-hydrogen) atoms. The number of benzene rings is 1. The number of quaternary nitrogens is 1. The Morgan fingerprint density at radius 2 is 1.96 bits per heavy atom. The number of carbonyl (C=O) groups excluding carboxylic acids is 2. The van der Waals surface area contributed by atoms with Crippen LogP contribution in [0.3, 0.4) is 0 Å².